The lowest BCUT2D eigenvalue weighted by molar-refractivity contribution is -0.274. The molecule has 0 heterocycles. The first-order valence-corrected chi connectivity index (χ1v) is 7.77. The highest BCUT2D eigenvalue weighted by molar-refractivity contribution is 5.78. The first-order chi connectivity index (χ1) is 12.2. The molecule has 1 amide bonds. The van der Waals surface area contributed by atoms with E-state index in [9.17, 15) is 22.4 Å². The minimum absolute atomic E-state index is 0.0311. The summed E-state index contributed by atoms with van der Waals surface area (Å²) >= 11 is 0. The van der Waals surface area contributed by atoms with Gasteiger partial charge in [0.15, 0.2) is 0 Å². The predicted molar refractivity (Wildman–Crippen MR) is 87.7 cm³/mol. The molecule has 0 bridgehead atoms. The third-order valence-electron chi connectivity index (χ3n) is 3.49. The Balaban J connectivity index is 1.88. The van der Waals surface area contributed by atoms with Gasteiger partial charge in [-0.25, -0.2) is 4.39 Å². The maximum Gasteiger partial charge on any atom is 0.573 e. The van der Waals surface area contributed by atoms with Crippen LogP contribution in [0.1, 0.15) is 11.1 Å². The molecule has 0 saturated heterocycles. The molecular weight excluding hydrogens is 352 g/mol. The highest BCUT2D eigenvalue weighted by atomic mass is 19.4. The lowest BCUT2D eigenvalue weighted by Crippen LogP contribution is -2.34. The van der Waals surface area contributed by atoms with Gasteiger partial charge in [0.2, 0.25) is 5.91 Å². The standard InChI is InChI=1S/C18H18F4N2O2/c1-24(11-14-7-2-4-8-15(14)19)12-17(25)23-10-13-6-3-5-9-16(13)26-18(20,21)22/h2-9H,10-12H2,1H3,(H,23,25). The van der Waals surface area contributed by atoms with Gasteiger partial charge >= 0.3 is 6.36 Å². The number of alkyl halides is 3. The largest absolute Gasteiger partial charge is 0.573 e. The van der Waals surface area contributed by atoms with E-state index in [1.165, 1.54) is 24.3 Å². The molecule has 0 spiro atoms. The average molecular weight is 370 g/mol. The Hall–Kier alpha value is -2.61. The molecule has 0 fully saturated rings. The molecule has 0 aliphatic rings. The molecule has 140 valence electrons. The number of hydrogen-bond donors (Lipinski definition) is 1. The van der Waals surface area contributed by atoms with Crippen molar-refractivity contribution in [1.29, 1.82) is 0 Å². The smallest absolute Gasteiger partial charge is 0.405 e. The second-order valence-electron chi connectivity index (χ2n) is 5.70. The van der Waals surface area contributed by atoms with Crippen molar-refractivity contribution >= 4 is 5.91 Å². The van der Waals surface area contributed by atoms with Crippen LogP contribution in [-0.4, -0.2) is 30.8 Å². The number of amides is 1. The molecular formula is C18H18F4N2O2. The maximum absolute atomic E-state index is 13.6. The number of hydrogen-bond acceptors (Lipinski definition) is 3. The lowest BCUT2D eigenvalue weighted by Gasteiger charge is -2.17. The zero-order valence-corrected chi connectivity index (χ0v) is 14.0. The van der Waals surface area contributed by atoms with Gasteiger partial charge in [-0.2, -0.15) is 0 Å². The second kappa shape index (κ2) is 8.66. The minimum Gasteiger partial charge on any atom is -0.405 e. The fourth-order valence-corrected chi connectivity index (χ4v) is 2.34. The number of rotatable bonds is 7. The van der Waals surface area contributed by atoms with Gasteiger partial charge in [-0.1, -0.05) is 36.4 Å². The molecule has 8 heteroatoms. The van der Waals surface area contributed by atoms with E-state index >= 15 is 0 Å². The molecule has 0 aromatic heterocycles. The Morgan fingerprint density at radius 2 is 1.69 bits per heavy atom. The van der Waals surface area contributed by atoms with E-state index in [0.29, 0.717) is 5.56 Å². The number of nitrogens with zero attached hydrogens (tertiary/aromatic N) is 1. The number of carbonyl (C=O) groups is 1. The summed E-state index contributed by atoms with van der Waals surface area (Å²) in [6.45, 7) is 0.0864. The number of carbonyl (C=O) groups excluding carboxylic acids is 1. The van der Waals surface area contributed by atoms with Gasteiger partial charge in [0.05, 0.1) is 6.54 Å². The third kappa shape index (κ3) is 6.36. The van der Waals surface area contributed by atoms with Gasteiger partial charge in [0.1, 0.15) is 11.6 Å². The van der Waals surface area contributed by atoms with Gasteiger partial charge in [-0.05, 0) is 19.2 Å². The summed E-state index contributed by atoms with van der Waals surface area (Å²) < 4.78 is 54.7. The number of nitrogens with one attached hydrogen (secondary N) is 1. The Morgan fingerprint density at radius 1 is 1.08 bits per heavy atom. The molecule has 0 saturated carbocycles. The van der Waals surface area contributed by atoms with E-state index in [4.69, 9.17) is 0 Å². The predicted octanol–water partition coefficient (Wildman–Crippen LogP) is 3.47. The van der Waals surface area contributed by atoms with Gasteiger partial charge in [0.25, 0.3) is 0 Å². The molecule has 2 aromatic carbocycles. The minimum atomic E-state index is -4.81. The van der Waals surface area contributed by atoms with E-state index in [1.54, 1.807) is 36.2 Å². The van der Waals surface area contributed by atoms with Crippen molar-refractivity contribution in [1.82, 2.24) is 10.2 Å². The molecule has 2 rings (SSSR count). The van der Waals surface area contributed by atoms with Crippen LogP contribution in [0.25, 0.3) is 0 Å². The molecule has 0 aliphatic carbocycles. The summed E-state index contributed by atoms with van der Waals surface area (Å²) in [4.78, 5) is 13.6. The number of para-hydroxylation sites is 1. The third-order valence-corrected chi connectivity index (χ3v) is 3.49. The summed E-state index contributed by atoms with van der Waals surface area (Å²) in [5.74, 6) is -1.12. The molecule has 0 radical (unpaired) electrons. The summed E-state index contributed by atoms with van der Waals surface area (Å²) in [7, 11) is 1.65. The molecule has 4 nitrogen and oxygen atoms in total. The fraction of sp³-hybridized carbons (Fsp3) is 0.278. The first kappa shape index (κ1) is 19.7. The topological polar surface area (TPSA) is 41.6 Å². The van der Waals surface area contributed by atoms with Crippen LogP contribution < -0.4 is 10.1 Å². The first-order valence-electron chi connectivity index (χ1n) is 7.77. The lowest BCUT2D eigenvalue weighted by atomic mass is 10.2. The average Bonchev–Trinajstić information content (AvgIpc) is 2.55. The second-order valence-corrected chi connectivity index (χ2v) is 5.70. The fourth-order valence-electron chi connectivity index (χ4n) is 2.34. The van der Waals surface area contributed by atoms with Crippen LogP contribution in [0.15, 0.2) is 48.5 Å². The van der Waals surface area contributed by atoms with Crippen LogP contribution in [-0.2, 0) is 17.9 Å². The Morgan fingerprint density at radius 3 is 2.35 bits per heavy atom. The Bertz CT molecular complexity index is 750. The Kier molecular flexibility index (Phi) is 6.57. The summed E-state index contributed by atoms with van der Waals surface area (Å²) in [5, 5.41) is 2.53. The van der Waals surface area contributed by atoms with E-state index in [1.807, 2.05) is 0 Å². The van der Waals surface area contributed by atoms with Gasteiger partial charge < -0.3 is 10.1 Å². The van der Waals surface area contributed by atoms with Crippen molar-refractivity contribution in [3.05, 3.63) is 65.5 Å². The van der Waals surface area contributed by atoms with E-state index < -0.39 is 12.3 Å². The monoisotopic (exact) mass is 370 g/mol. The maximum atomic E-state index is 13.6. The van der Waals surface area contributed by atoms with Crippen LogP contribution in [0.4, 0.5) is 17.6 Å². The van der Waals surface area contributed by atoms with Crippen LogP contribution in [0.3, 0.4) is 0 Å². The highest BCUT2D eigenvalue weighted by Crippen LogP contribution is 2.26. The van der Waals surface area contributed by atoms with Crippen molar-refractivity contribution in [3.8, 4) is 5.75 Å². The number of halogens is 4. The number of benzene rings is 2. The van der Waals surface area contributed by atoms with Gasteiger partial charge in [0, 0.05) is 24.2 Å². The van der Waals surface area contributed by atoms with Crippen LogP contribution in [0.5, 0.6) is 5.75 Å². The van der Waals surface area contributed by atoms with E-state index in [0.717, 1.165) is 0 Å². The zero-order valence-electron chi connectivity index (χ0n) is 14.0. The quantitative estimate of drug-likeness (QED) is 0.759. The van der Waals surface area contributed by atoms with Crippen LogP contribution in [0.2, 0.25) is 0 Å². The van der Waals surface area contributed by atoms with Crippen molar-refractivity contribution in [2.75, 3.05) is 13.6 Å². The summed E-state index contributed by atoms with van der Waals surface area (Å²) in [5.41, 5.74) is 0.654. The molecule has 0 unspecified atom stereocenters. The Labute approximate surface area is 148 Å². The van der Waals surface area contributed by atoms with Gasteiger partial charge in [-0.15, -0.1) is 13.2 Å². The molecule has 1 N–H and O–H groups in total. The normalized spacial score (nSPS) is 11.5. The van der Waals surface area contributed by atoms with Crippen molar-refractivity contribution < 1.29 is 27.1 Å². The molecule has 0 atom stereocenters. The van der Waals surface area contributed by atoms with Crippen molar-refractivity contribution in [2.24, 2.45) is 0 Å². The number of likely N-dealkylation sites (N-methyl/N-ethyl adjacent to an activating group) is 1. The van der Waals surface area contributed by atoms with Gasteiger partial charge in [-0.3, -0.25) is 9.69 Å². The zero-order chi connectivity index (χ0) is 19.2. The van der Waals surface area contributed by atoms with Crippen LogP contribution in [0, 0.1) is 5.82 Å². The summed E-state index contributed by atoms with van der Waals surface area (Å²) in [6.07, 6.45) is -4.81. The molecule has 0 aliphatic heterocycles. The van der Waals surface area contributed by atoms with E-state index in [2.05, 4.69) is 10.1 Å². The molecule has 2 aromatic rings. The number of ether oxygens (including phenoxy) is 1. The molecule has 26 heavy (non-hydrogen) atoms. The van der Waals surface area contributed by atoms with Crippen molar-refractivity contribution in [3.63, 3.8) is 0 Å². The SMILES string of the molecule is CN(CC(=O)NCc1ccccc1OC(F)(F)F)Cc1ccccc1F. The van der Waals surface area contributed by atoms with E-state index in [-0.39, 0.29) is 36.8 Å². The van der Waals surface area contributed by atoms with Crippen molar-refractivity contribution in [2.45, 2.75) is 19.5 Å². The summed E-state index contributed by atoms with van der Waals surface area (Å²) in [6, 6.07) is 11.8. The van der Waals surface area contributed by atoms with Crippen LogP contribution >= 0.6 is 0 Å². The highest BCUT2D eigenvalue weighted by Gasteiger charge is 2.31.